The SMILES string of the molecule is CN(Cc1ccccc1)C(=O)C1CC(O)C(O)C2N=C(Nc3ccc(-n4cccn4)cc3)SC12. The van der Waals surface area contributed by atoms with Crippen LogP contribution in [-0.2, 0) is 11.3 Å². The normalized spacial score (nSPS) is 26.0. The van der Waals surface area contributed by atoms with Crippen LogP contribution in [0.1, 0.15) is 12.0 Å². The maximum atomic E-state index is 13.4. The number of hydrogen-bond donors (Lipinski definition) is 3. The summed E-state index contributed by atoms with van der Waals surface area (Å²) in [6.07, 6.45) is 1.84. The lowest BCUT2D eigenvalue weighted by atomic mass is 9.80. The van der Waals surface area contributed by atoms with E-state index >= 15 is 0 Å². The molecule has 0 saturated heterocycles. The van der Waals surface area contributed by atoms with Crippen LogP contribution in [0.2, 0.25) is 0 Å². The van der Waals surface area contributed by atoms with Crippen molar-refractivity contribution in [3.63, 3.8) is 0 Å². The fraction of sp³-hybridized carbons (Fsp3) is 0.320. The van der Waals surface area contributed by atoms with Crippen LogP contribution in [0.5, 0.6) is 0 Å². The fourth-order valence-corrected chi connectivity index (χ4v) is 5.92. The van der Waals surface area contributed by atoms with Crippen LogP contribution >= 0.6 is 11.8 Å². The maximum Gasteiger partial charge on any atom is 0.227 e. The Morgan fingerprint density at radius 2 is 1.91 bits per heavy atom. The lowest BCUT2D eigenvalue weighted by Crippen LogP contribution is -2.54. The molecule has 3 aromatic rings. The van der Waals surface area contributed by atoms with Gasteiger partial charge in [0.2, 0.25) is 5.91 Å². The van der Waals surface area contributed by atoms with Crippen LogP contribution in [0.15, 0.2) is 78.0 Å². The number of nitrogens with one attached hydrogen (secondary N) is 1. The number of amides is 1. The van der Waals surface area contributed by atoms with Crippen molar-refractivity contribution >= 4 is 28.5 Å². The van der Waals surface area contributed by atoms with Crippen molar-refractivity contribution in [1.29, 1.82) is 0 Å². The van der Waals surface area contributed by atoms with Crippen molar-refractivity contribution in [2.45, 2.75) is 36.5 Å². The number of rotatable bonds is 5. The molecule has 2 aromatic carbocycles. The highest BCUT2D eigenvalue weighted by Crippen LogP contribution is 2.42. The van der Waals surface area contributed by atoms with Crippen LogP contribution in [-0.4, -0.2) is 66.5 Å². The molecule has 3 N–H and O–H groups in total. The summed E-state index contributed by atoms with van der Waals surface area (Å²) in [5.74, 6) is -0.482. The molecule has 1 aliphatic heterocycles. The van der Waals surface area contributed by atoms with Gasteiger partial charge in [0.1, 0.15) is 6.10 Å². The van der Waals surface area contributed by atoms with Crippen LogP contribution in [0.4, 0.5) is 5.69 Å². The van der Waals surface area contributed by atoms with Crippen molar-refractivity contribution in [2.24, 2.45) is 10.9 Å². The van der Waals surface area contributed by atoms with Gasteiger partial charge in [-0.05, 0) is 42.3 Å². The molecule has 1 aliphatic carbocycles. The van der Waals surface area contributed by atoms with E-state index in [0.29, 0.717) is 11.7 Å². The number of aromatic nitrogens is 2. The lowest BCUT2D eigenvalue weighted by Gasteiger charge is -2.38. The predicted octanol–water partition coefficient (Wildman–Crippen LogP) is 2.52. The van der Waals surface area contributed by atoms with Gasteiger partial charge in [0.15, 0.2) is 5.17 Å². The van der Waals surface area contributed by atoms with Crippen LogP contribution in [0.3, 0.4) is 0 Å². The summed E-state index contributed by atoms with van der Waals surface area (Å²) < 4.78 is 1.78. The van der Waals surface area contributed by atoms with Crippen LogP contribution in [0, 0.1) is 5.92 Å². The molecule has 0 spiro atoms. The predicted molar refractivity (Wildman–Crippen MR) is 133 cm³/mol. The molecule has 176 valence electrons. The second kappa shape index (κ2) is 9.61. The van der Waals surface area contributed by atoms with Gasteiger partial charge in [0.05, 0.1) is 23.8 Å². The first-order chi connectivity index (χ1) is 16.5. The molecule has 34 heavy (non-hydrogen) atoms. The minimum Gasteiger partial charge on any atom is -0.390 e. The molecule has 1 aromatic heterocycles. The minimum absolute atomic E-state index is 0.0441. The topological polar surface area (TPSA) is 103 Å². The molecule has 0 bridgehead atoms. The second-order valence-electron chi connectivity index (χ2n) is 8.71. The highest BCUT2D eigenvalue weighted by molar-refractivity contribution is 8.15. The summed E-state index contributed by atoms with van der Waals surface area (Å²) in [5.41, 5.74) is 2.83. The number of aliphatic hydroxyl groups is 2. The molecule has 1 saturated carbocycles. The number of nitrogens with zero attached hydrogens (tertiary/aromatic N) is 4. The number of carbonyl (C=O) groups is 1. The molecule has 5 atom stereocenters. The standard InChI is InChI=1S/C25H27N5O3S/c1-29(15-16-6-3-2-4-7-16)24(33)19-14-20(31)22(32)21-23(19)34-25(28-21)27-17-8-10-18(11-9-17)30-13-5-12-26-30/h2-13,19-23,31-32H,14-15H2,1H3,(H,27,28). The Hall–Kier alpha value is -3.14. The van der Waals surface area contributed by atoms with E-state index in [1.54, 1.807) is 22.8 Å². The van der Waals surface area contributed by atoms with Crippen LogP contribution < -0.4 is 5.32 Å². The molecule has 5 rings (SSSR count). The number of anilines is 1. The molecular weight excluding hydrogens is 450 g/mol. The average Bonchev–Trinajstić information content (AvgIpc) is 3.53. The summed E-state index contributed by atoms with van der Waals surface area (Å²) >= 11 is 1.46. The molecular formula is C25H27N5O3S. The molecule has 2 heterocycles. The maximum absolute atomic E-state index is 13.4. The van der Waals surface area contributed by atoms with E-state index in [1.807, 2.05) is 66.9 Å². The van der Waals surface area contributed by atoms with Gasteiger partial charge in [-0.2, -0.15) is 5.10 Å². The van der Waals surface area contributed by atoms with E-state index in [-0.39, 0.29) is 17.6 Å². The van der Waals surface area contributed by atoms with Gasteiger partial charge in [0.25, 0.3) is 0 Å². The number of hydrogen-bond acceptors (Lipinski definition) is 7. The van der Waals surface area contributed by atoms with Crippen LogP contribution in [0.25, 0.3) is 5.69 Å². The third-order valence-corrected chi connectivity index (χ3v) is 7.64. The number of carbonyl (C=O) groups excluding carboxylic acids is 1. The van der Waals surface area contributed by atoms with Crippen molar-refractivity contribution < 1.29 is 15.0 Å². The van der Waals surface area contributed by atoms with Crippen molar-refractivity contribution in [3.8, 4) is 5.69 Å². The molecule has 1 fully saturated rings. The quantitative estimate of drug-likeness (QED) is 0.522. The van der Waals surface area contributed by atoms with Gasteiger partial charge in [-0.25, -0.2) is 4.68 Å². The highest BCUT2D eigenvalue weighted by Gasteiger charge is 2.50. The van der Waals surface area contributed by atoms with E-state index in [2.05, 4.69) is 15.4 Å². The Labute approximate surface area is 202 Å². The van der Waals surface area contributed by atoms with E-state index in [0.717, 1.165) is 16.9 Å². The summed E-state index contributed by atoms with van der Waals surface area (Å²) in [6, 6.07) is 18.9. The molecule has 8 nitrogen and oxygen atoms in total. The van der Waals surface area contributed by atoms with Crippen molar-refractivity contribution in [3.05, 3.63) is 78.6 Å². The van der Waals surface area contributed by atoms with Gasteiger partial charge in [-0.15, -0.1) is 0 Å². The van der Waals surface area contributed by atoms with Gasteiger partial charge >= 0.3 is 0 Å². The Morgan fingerprint density at radius 3 is 2.62 bits per heavy atom. The Bertz CT molecular complexity index is 1150. The van der Waals surface area contributed by atoms with E-state index in [9.17, 15) is 15.0 Å². The van der Waals surface area contributed by atoms with E-state index in [1.165, 1.54) is 11.8 Å². The summed E-state index contributed by atoms with van der Waals surface area (Å²) in [7, 11) is 1.78. The number of aliphatic hydroxyl groups excluding tert-OH is 2. The molecule has 0 radical (unpaired) electrons. The smallest absolute Gasteiger partial charge is 0.227 e. The third-order valence-electron chi connectivity index (χ3n) is 6.33. The number of aliphatic imine (C=N–C) groups is 1. The first-order valence-corrected chi connectivity index (χ1v) is 12.1. The summed E-state index contributed by atoms with van der Waals surface area (Å²) in [6.45, 7) is 0.492. The summed E-state index contributed by atoms with van der Waals surface area (Å²) in [5, 5.41) is 29.0. The molecule has 5 unspecified atom stereocenters. The zero-order chi connectivity index (χ0) is 23.7. The zero-order valence-corrected chi connectivity index (χ0v) is 19.5. The lowest BCUT2D eigenvalue weighted by molar-refractivity contribution is -0.139. The van der Waals surface area contributed by atoms with Crippen molar-refractivity contribution in [1.82, 2.24) is 14.7 Å². The largest absolute Gasteiger partial charge is 0.390 e. The van der Waals surface area contributed by atoms with Crippen molar-refractivity contribution in [2.75, 3.05) is 12.4 Å². The Morgan fingerprint density at radius 1 is 1.15 bits per heavy atom. The molecule has 9 heteroatoms. The number of fused-ring (bicyclic) bond motifs is 1. The number of benzene rings is 2. The second-order valence-corrected chi connectivity index (χ2v) is 9.88. The average molecular weight is 478 g/mol. The van der Waals surface area contributed by atoms with Gasteiger partial charge in [0, 0.05) is 36.9 Å². The van der Waals surface area contributed by atoms with Gasteiger partial charge < -0.3 is 20.4 Å². The highest BCUT2D eigenvalue weighted by atomic mass is 32.2. The van der Waals surface area contributed by atoms with Gasteiger partial charge in [-0.1, -0.05) is 42.1 Å². The van der Waals surface area contributed by atoms with E-state index < -0.39 is 24.2 Å². The monoisotopic (exact) mass is 477 g/mol. The minimum atomic E-state index is -0.998. The first kappa shape index (κ1) is 22.6. The third kappa shape index (κ3) is 4.59. The Balaban J connectivity index is 1.28. The fourth-order valence-electron chi connectivity index (χ4n) is 4.55. The first-order valence-electron chi connectivity index (χ1n) is 11.3. The summed E-state index contributed by atoms with van der Waals surface area (Å²) in [4.78, 5) is 19.7. The molecule has 2 aliphatic rings. The Kier molecular flexibility index (Phi) is 6.40. The molecule has 1 amide bonds. The number of thioether (sulfide) groups is 1. The van der Waals surface area contributed by atoms with E-state index in [4.69, 9.17) is 0 Å². The number of amidine groups is 1. The zero-order valence-electron chi connectivity index (χ0n) is 18.7. The van der Waals surface area contributed by atoms with Gasteiger partial charge in [-0.3, -0.25) is 9.79 Å².